The number of carbonyl (C=O) groups is 1. The largest absolute Gasteiger partial charge is 0.377 e. The lowest BCUT2D eigenvalue weighted by Gasteiger charge is -2.65. The lowest BCUT2D eigenvalue weighted by Crippen LogP contribution is -2.82. The highest BCUT2D eigenvalue weighted by molar-refractivity contribution is 5.89. The van der Waals surface area contributed by atoms with Crippen molar-refractivity contribution in [3.05, 3.63) is 0 Å². The number of hydrogen-bond acceptors (Lipinski definition) is 3. The van der Waals surface area contributed by atoms with Crippen LogP contribution in [0.25, 0.3) is 0 Å². The summed E-state index contributed by atoms with van der Waals surface area (Å²) in [7, 11) is 1.87. The van der Waals surface area contributed by atoms with Gasteiger partial charge in [-0.25, -0.2) is 0 Å². The van der Waals surface area contributed by atoms with Crippen LogP contribution in [0.5, 0.6) is 0 Å². The summed E-state index contributed by atoms with van der Waals surface area (Å²) >= 11 is 0. The molecule has 0 aromatic heterocycles. The predicted molar refractivity (Wildman–Crippen MR) is 87.5 cm³/mol. The van der Waals surface area contributed by atoms with Crippen LogP contribution in [0.1, 0.15) is 47.5 Å². The molecule has 124 valence electrons. The number of rotatable bonds is 2. The number of halogens is 1. The van der Waals surface area contributed by atoms with Crippen molar-refractivity contribution < 1.29 is 9.53 Å². The van der Waals surface area contributed by atoms with E-state index in [0.717, 1.165) is 26.0 Å². The minimum absolute atomic E-state index is 0. The fourth-order valence-electron chi connectivity index (χ4n) is 4.11. The maximum Gasteiger partial charge on any atom is 0.243 e. The molecule has 0 aromatic rings. The highest BCUT2D eigenvalue weighted by Gasteiger charge is 2.70. The average molecular weight is 319 g/mol. The fourth-order valence-corrected chi connectivity index (χ4v) is 4.11. The van der Waals surface area contributed by atoms with Crippen molar-refractivity contribution in [3.63, 3.8) is 0 Å². The summed E-state index contributed by atoms with van der Waals surface area (Å²) in [5, 5.41) is 0. The zero-order chi connectivity index (χ0) is 15.3. The molecule has 0 radical (unpaired) electrons. The van der Waals surface area contributed by atoms with E-state index in [1.54, 1.807) is 0 Å². The van der Waals surface area contributed by atoms with Crippen LogP contribution < -0.4 is 5.73 Å². The Kier molecular flexibility index (Phi) is 5.09. The van der Waals surface area contributed by atoms with Gasteiger partial charge in [0.1, 0.15) is 5.54 Å². The van der Waals surface area contributed by atoms with Gasteiger partial charge < -0.3 is 15.4 Å². The quantitative estimate of drug-likeness (QED) is 0.851. The van der Waals surface area contributed by atoms with Gasteiger partial charge in [0.15, 0.2) is 0 Å². The molecule has 0 aromatic carbocycles. The monoisotopic (exact) mass is 318 g/mol. The second-order valence-corrected chi connectivity index (χ2v) is 8.35. The van der Waals surface area contributed by atoms with Crippen LogP contribution in [0, 0.1) is 16.7 Å². The Balaban J connectivity index is 0.00000220. The molecule has 3 unspecified atom stereocenters. The van der Waals surface area contributed by atoms with E-state index >= 15 is 0 Å². The Bertz CT molecular complexity index is 406. The molecule has 21 heavy (non-hydrogen) atoms. The van der Waals surface area contributed by atoms with Crippen molar-refractivity contribution in [1.82, 2.24) is 4.90 Å². The van der Waals surface area contributed by atoms with E-state index in [-0.39, 0.29) is 41.2 Å². The molecule has 1 aliphatic heterocycles. The first-order chi connectivity index (χ1) is 9.02. The molecule has 0 bridgehead atoms. The van der Waals surface area contributed by atoms with Gasteiger partial charge in [0.05, 0.1) is 6.10 Å². The minimum Gasteiger partial charge on any atom is -0.377 e. The SMILES string of the molecule is CN(CC(C)(C)C)C(=O)C1(N)C2CCCOC2C1(C)C.Cl. The molecule has 4 nitrogen and oxygen atoms in total. The second kappa shape index (κ2) is 5.71. The summed E-state index contributed by atoms with van der Waals surface area (Å²) in [6, 6.07) is 0. The molecule has 1 saturated heterocycles. The number of fused-ring (bicyclic) bond motifs is 1. The molecule has 2 rings (SSSR count). The van der Waals surface area contributed by atoms with E-state index < -0.39 is 5.54 Å². The molecule has 1 saturated carbocycles. The Morgan fingerprint density at radius 3 is 2.48 bits per heavy atom. The number of carbonyl (C=O) groups excluding carboxylic acids is 1. The van der Waals surface area contributed by atoms with Gasteiger partial charge in [-0.15, -0.1) is 12.4 Å². The number of nitrogens with two attached hydrogens (primary N) is 1. The van der Waals surface area contributed by atoms with Gasteiger partial charge in [-0.2, -0.15) is 0 Å². The van der Waals surface area contributed by atoms with Crippen molar-refractivity contribution in [1.29, 1.82) is 0 Å². The third-order valence-corrected chi connectivity index (χ3v) is 5.10. The molecule has 1 heterocycles. The van der Waals surface area contributed by atoms with Crippen LogP contribution in [0.2, 0.25) is 0 Å². The van der Waals surface area contributed by atoms with Crippen molar-refractivity contribution in [2.45, 2.75) is 59.1 Å². The average Bonchev–Trinajstić information content (AvgIpc) is 2.34. The summed E-state index contributed by atoms with van der Waals surface area (Å²) in [4.78, 5) is 14.8. The van der Waals surface area contributed by atoms with Crippen LogP contribution in [-0.2, 0) is 9.53 Å². The third-order valence-electron chi connectivity index (χ3n) is 5.10. The van der Waals surface area contributed by atoms with E-state index in [1.807, 2.05) is 11.9 Å². The highest BCUT2D eigenvalue weighted by atomic mass is 35.5. The predicted octanol–water partition coefficient (Wildman–Crippen LogP) is 2.45. The minimum atomic E-state index is -0.780. The lowest BCUT2D eigenvalue weighted by molar-refractivity contribution is -0.230. The molecule has 3 atom stereocenters. The number of amides is 1. The molecule has 1 aliphatic carbocycles. The first-order valence-electron chi connectivity index (χ1n) is 7.68. The molecule has 1 amide bonds. The van der Waals surface area contributed by atoms with Crippen LogP contribution in [0.3, 0.4) is 0 Å². The van der Waals surface area contributed by atoms with Crippen molar-refractivity contribution in [2.24, 2.45) is 22.5 Å². The van der Waals surface area contributed by atoms with Crippen molar-refractivity contribution in [2.75, 3.05) is 20.2 Å². The van der Waals surface area contributed by atoms with E-state index in [2.05, 4.69) is 34.6 Å². The third kappa shape index (κ3) is 2.82. The molecule has 5 heteroatoms. The summed E-state index contributed by atoms with van der Waals surface area (Å²) in [5.41, 5.74) is 5.64. The molecule has 2 N–H and O–H groups in total. The normalized spacial score (nSPS) is 34.2. The summed E-state index contributed by atoms with van der Waals surface area (Å²) < 4.78 is 5.87. The molecule has 2 aliphatic rings. The topological polar surface area (TPSA) is 55.6 Å². The van der Waals surface area contributed by atoms with Gasteiger partial charge in [0.2, 0.25) is 5.91 Å². The smallest absolute Gasteiger partial charge is 0.243 e. The first kappa shape index (κ1) is 18.7. The van der Waals surface area contributed by atoms with Crippen LogP contribution >= 0.6 is 12.4 Å². The maximum atomic E-state index is 12.9. The summed E-state index contributed by atoms with van der Waals surface area (Å²) in [6.07, 6.45) is 2.14. The van der Waals surface area contributed by atoms with Crippen LogP contribution in [-0.4, -0.2) is 42.6 Å². The molecular weight excluding hydrogens is 288 g/mol. The lowest BCUT2D eigenvalue weighted by atomic mass is 9.46. The van der Waals surface area contributed by atoms with Gasteiger partial charge in [-0.05, 0) is 18.3 Å². The Hall–Kier alpha value is -0.320. The van der Waals surface area contributed by atoms with Crippen LogP contribution in [0.15, 0.2) is 0 Å². The van der Waals surface area contributed by atoms with E-state index in [4.69, 9.17) is 10.5 Å². The zero-order valence-corrected chi connectivity index (χ0v) is 15.0. The van der Waals surface area contributed by atoms with Crippen LogP contribution in [0.4, 0.5) is 0 Å². The standard InChI is InChI=1S/C16H30N2O2.ClH/c1-14(2,3)10-18(6)13(19)16(17)11-8-7-9-20-12(11)15(16,4)5;/h11-12H,7-10,17H2,1-6H3;1H. The Labute approximate surface area is 135 Å². The maximum absolute atomic E-state index is 12.9. The molecule has 2 fully saturated rings. The number of hydrogen-bond donors (Lipinski definition) is 1. The molecule has 0 spiro atoms. The second-order valence-electron chi connectivity index (χ2n) is 8.35. The summed E-state index contributed by atoms with van der Waals surface area (Å²) in [6.45, 7) is 12.1. The van der Waals surface area contributed by atoms with Gasteiger partial charge in [0.25, 0.3) is 0 Å². The van der Waals surface area contributed by atoms with Gasteiger partial charge in [0, 0.05) is 31.5 Å². The Morgan fingerprint density at radius 1 is 1.38 bits per heavy atom. The Morgan fingerprint density at radius 2 is 1.95 bits per heavy atom. The van der Waals surface area contributed by atoms with E-state index in [9.17, 15) is 4.79 Å². The first-order valence-corrected chi connectivity index (χ1v) is 7.68. The van der Waals surface area contributed by atoms with Crippen molar-refractivity contribution >= 4 is 18.3 Å². The highest BCUT2D eigenvalue weighted by Crippen LogP contribution is 2.57. The fraction of sp³-hybridized carbons (Fsp3) is 0.938. The number of likely N-dealkylation sites (N-methyl/N-ethyl adjacent to an activating group) is 1. The zero-order valence-electron chi connectivity index (χ0n) is 14.2. The van der Waals surface area contributed by atoms with E-state index in [1.165, 1.54) is 0 Å². The van der Waals surface area contributed by atoms with Gasteiger partial charge >= 0.3 is 0 Å². The van der Waals surface area contributed by atoms with E-state index in [0.29, 0.717) is 0 Å². The van der Waals surface area contributed by atoms with Gasteiger partial charge in [-0.3, -0.25) is 4.79 Å². The van der Waals surface area contributed by atoms with Gasteiger partial charge in [-0.1, -0.05) is 34.6 Å². The summed E-state index contributed by atoms with van der Waals surface area (Å²) in [5.74, 6) is 0.241. The molecular formula is C16H31ClN2O2. The van der Waals surface area contributed by atoms with Crippen molar-refractivity contribution in [3.8, 4) is 0 Å². The number of ether oxygens (including phenoxy) is 1. The number of nitrogens with zero attached hydrogens (tertiary/aromatic N) is 1.